The molecule has 2 heterocycles. The number of benzene rings is 1. The van der Waals surface area contributed by atoms with Crippen LogP contribution in [0.3, 0.4) is 0 Å². The number of anilines is 1. The van der Waals surface area contributed by atoms with E-state index in [1.165, 1.54) is 17.7 Å². The van der Waals surface area contributed by atoms with Gasteiger partial charge in [-0.2, -0.15) is 0 Å². The average molecular weight is 490 g/mol. The molecule has 1 aromatic heterocycles. The lowest BCUT2D eigenvalue weighted by molar-refractivity contribution is 0.0875. The van der Waals surface area contributed by atoms with Crippen molar-refractivity contribution in [3.05, 3.63) is 47.5 Å². The van der Waals surface area contributed by atoms with Gasteiger partial charge in [0.1, 0.15) is 11.6 Å². The van der Waals surface area contributed by atoms with Gasteiger partial charge in [0.2, 0.25) is 5.95 Å². The SMILES string of the molecule is CCCc1cnc(N2CCN(C(C)CCOc3ccc(C(=O)NC(CO)CO)c(F)c3)CC2)nc1. The van der Waals surface area contributed by atoms with Crippen molar-refractivity contribution in [3.8, 4) is 5.75 Å². The summed E-state index contributed by atoms with van der Waals surface area (Å²) in [6.45, 7) is 7.39. The third-order valence-corrected chi connectivity index (χ3v) is 6.22. The summed E-state index contributed by atoms with van der Waals surface area (Å²) in [4.78, 5) is 25.8. The van der Waals surface area contributed by atoms with Crippen LogP contribution in [0.15, 0.2) is 30.6 Å². The monoisotopic (exact) mass is 489 g/mol. The van der Waals surface area contributed by atoms with Crippen molar-refractivity contribution >= 4 is 11.9 Å². The molecule has 0 bridgehead atoms. The summed E-state index contributed by atoms with van der Waals surface area (Å²) in [5.41, 5.74) is 0.998. The van der Waals surface area contributed by atoms with E-state index in [0.29, 0.717) is 18.4 Å². The zero-order valence-electron chi connectivity index (χ0n) is 20.5. The fourth-order valence-electron chi connectivity index (χ4n) is 4.00. The first kappa shape index (κ1) is 26.8. The molecular weight excluding hydrogens is 453 g/mol. The number of aliphatic hydroxyl groups excluding tert-OH is 2. The van der Waals surface area contributed by atoms with Crippen LogP contribution < -0.4 is 15.0 Å². The van der Waals surface area contributed by atoms with Crippen LogP contribution in [0.25, 0.3) is 0 Å². The number of ether oxygens (including phenoxy) is 1. The molecule has 1 unspecified atom stereocenters. The highest BCUT2D eigenvalue weighted by atomic mass is 19.1. The molecule has 0 spiro atoms. The van der Waals surface area contributed by atoms with Gasteiger partial charge in [-0.15, -0.1) is 0 Å². The Morgan fingerprint density at radius 2 is 1.86 bits per heavy atom. The van der Waals surface area contributed by atoms with Gasteiger partial charge in [0, 0.05) is 50.7 Å². The minimum atomic E-state index is -0.833. The van der Waals surface area contributed by atoms with Crippen LogP contribution in [0.2, 0.25) is 0 Å². The van der Waals surface area contributed by atoms with Crippen molar-refractivity contribution in [1.82, 2.24) is 20.2 Å². The maximum atomic E-state index is 14.4. The zero-order valence-corrected chi connectivity index (χ0v) is 20.5. The number of carbonyl (C=O) groups is 1. The number of aryl methyl sites for hydroxylation is 1. The van der Waals surface area contributed by atoms with Crippen LogP contribution >= 0.6 is 0 Å². The van der Waals surface area contributed by atoms with Crippen LogP contribution in [0.4, 0.5) is 10.3 Å². The lowest BCUT2D eigenvalue weighted by Crippen LogP contribution is -2.50. The molecule has 2 aromatic rings. The number of aromatic nitrogens is 2. The highest BCUT2D eigenvalue weighted by molar-refractivity contribution is 5.94. The van der Waals surface area contributed by atoms with Gasteiger partial charge in [0.15, 0.2) is 0 Å². The topological polar surface area (TPSA) is 111 Å². The summed E-state index contributed by atoms with van der Waals surface area (Å²) in [6, 6.07) is 3.52. The average Bonchev–Trinajstić information content (AvgIpc) is 2.88. The predicted molar refractivity (Wildman–Crippen MR) is 131 cm³/mol. The second-order valence-corrected chi connectivity index (χ2v) is 8.83. The molecule has 192 valence electrons. The molecule has 1 aliphatic rings. The van der Waals surface area contributed by atoms with Crippen LogP contribution in [-0.4, -0.2) is 89.1 Å². The van der Waals surface area contributed by atoms with E-state index >= 15 is 0 Å². The molecule has 0 radical (unpaired) electrons. The van der Waals surface area contributed by atoms with Crippen molar-refractivity contribution in [3.63, 3.8) is 0 Å². The Morgan fingerprint density at radius 1 is 1.17 bits per heavy atom. The number of hydrogen-bond acceptors (Lipinski definition) is 8. The van der Waals surface area contributed by atoms with E-state index in [9.17, 15) is 9.18 Å². The van der Waals surface area contributed by atoms with Gasteiger partial charge < -0.3 is 25.2 Å². The van der Waals surface area contributed by atoms with Crippen molar-refractivity contribution in [2.75, 3.05) is 50.9 Å². The van der Waals surface area contributed by atoms with Gasteiger partial charge in [-0.1, -0.05) is 13.3 Å². The van der Waals surface area contributed by atoms with Gasteiger partial charge in [0.05, 0.1) is 31.4 Å². The second kappa shape index (κ2) is 13.3. The molecule has 3 rings (SSSR count). The summed E-state index contributed by atoms with van der Waals surface area (Å²) in [5.74, 6) is -0.288. The van der Waals surface area contributed by atoms with Crippen molar-refractivity contribution in [2.24, 2.45) is 0 Å². The summed E-state index contributed by atoms with van der Waals surface area (Å²) >= 11 is 0. The molecule has 35 heavy (non-hydrogen) atoms. The zero-order chi connectivity index (χ0) is 25.2. The third-order valence-electron chi connectivity index (χ3n) is 6.22. The Bertz CT molecular complexity index is 934. The molecule has 0 aliphatic carbocycles. The Morgan fingerprint density at radius 3 is 2.46 bits per heavy atom. The number of piperazine rings is 1. The molecule has 0 saturated carbocycles. The molecule has 1 saturated heterocycles. The van der Waals surface area contributed by atoms with E-state index in [2.05, 4.69) is 38.9 Å². The van der Waals surface area contributed by atoms with Gasteiger partial charge in [-0.3, -0.25) is 9.69 Å². The first-order chi connectivity index (χ1) is 16.9. The summed E-state index contributed by atoms with van der Waals surface area (Å²) in [6.07, 6.45) is 6.69. The smallest absolute Gasteiger partial charge is 0.254 e. The molecule has 3 N–H and O–H groups in total. The van der Waals surface area contributed by atoms with Gasteiger partial charge >= 0.3 is 0 Å². The lowest BCUT2D eigenvalue weighted by Gasteiger charge is -2.38. The third kappa shape index (κ3) is 7.58. The minimum absolute atomic E-state index is 0.167. The van der Waals surface area contributed by atoms with Gasteiger partial charge in [-0.25, -0.2) is 14.4 Å². The Hall–Kier alpha value is -2.82. The molecule has 10 heteroatoms. The highest BCUT2D eigenvalue weighted by Crippen LogP contribution is 2.19. The first-order valence-corrected chi connectivity index (χ1v) is 12.2. The Balaban J connectivity index is 1.42. The minimum Gasteiger partial charge on any atom is -0.493 e. The molecular formula is C25H36FN5O4. The van der Waals surface area contributed by atoms with Crippen LogP contribution in [0.1, 0.15) is 42.6 Å². The largest absolute Gasteiger partial charge is 0.493 e. The normalized spacial score (nSPS) is 15.3. The number of rotatable bonds is 12. The number of hydrogen-bond donors (Lipinski definition) is 3. The number of nitrogens with one attached hydrogen (secondary N) is 1. The fraction of sp³-hybridized carbons (Fsp3) is 0.560. The van der Waals surface area contributed by atoms with E-state index in [0.717, 1.165) is 51.4 Å². The Kier molecular flexibility index (Phi) is 10.2. The molecule has 9 nitrogen and oxygen atoms in total. The first-order valence-electron chi connectivity index (χ1n) is 12.2. The summed E-state index contributed by atoms with van der Waals surface area (Å²) in [5, 5.41) is 20.5. The van der Waals surface area contributed by atoms with Crippen LogP contribution in [0.5, 0.6) is 5.75 Å². The van der Waals surface area contributed by atoms with E-state index in [1.54, 1.807) is 6.07 Å². The molecule has 1 atom stereocenters. The highest BCUT2D eigenvalue weighted by Gasteiger charge is 2.23. The van der Waals surface area contributed by atoms with Crippen LogP contribution in [-0.2, 0) is 6.42 Å². The molecule has 1 fully saturated rings. The second-order valence-electron chi connectivity index (χ2n) is 8.83. The molecule has 1 aliphatic heterocycles. The Labute approximate surface area is 205 Å². The number of carbonyl (C=O) groups excluding carboxylic acids is 1. The van der Waals surface area contributed by atoms with Crippen LogP contribution in [0, 0.1) is 5.82 Å². The number of amides is 1. The quantitative estimate of drug-likeness (QED) is 0.413. The van der Waals surface area contributed by atoms with Gasteiger partial charge in [-0.05, 0) is 37.5 Å². The van der Waals surface area contributed by atoms with Gasteiger partial charge in [0.25, 0.3) is 5.91 Å². The summed E-state index contributed by atoms with van der Waals surface area (Å²) in [7, 11) is 0. The van der Waals surface area contributed by atoms with E-state index in [-0.39, 0.29) is 5.56 Å². The predicted octanol–water partition coefficient (Wildman–Crippen LogP) is 1.63. The van der Waals surface area contributed by atoms with E-state index in [4.69, 9.17) is 14.9 Å². The summed E-state index contributed by atoms with van der Waals surface area (Å²) < 4.78 is 20.1. The van der Waals surface area contributed by atoms with Crippen molar-refractivity contribution < 1.29 is 24.1 Å². The standard InChI is InChI=1S/C25H36FN5O4/c1-3-4-19-14-27-25(28-15-19)31-10-8-30(9-11-31)18(2)7-12-35-21-5-6-22(23(26)13-21)24(34)29-20(16-32)17-33/h5-6,13-15,18,20,32-33H,3-4,7-12,16-17H2,1-2H3,(H,29,34). The van der Waals surface area contributed by atoms with E-state index < -0.39 is 31.0 Å². The lowest BCUT2D eigenvalue weighted by atomic mass is 10.1. The fourth-order valence-corrected chi connectivity index (χ4v) is 4.00. The van der Waals surface area contributed by atoms with Crippen molar-refractivity contribution in [1.29, 1.82) is 0 Å². The van der Waals surface area contributed by atoms with Crippen molar-refractivity contribution in [2.45, 2.75) is 45.2 Å². The number of halogens is 1. The molecule has 1 aromatic carbocycles. The number of nitrogens with zero attached hydrogens (tertiary/aromatic N) is 4. The maximum absolute atomic E-state index is 14.4. The number of aliphatic hydroxyl groups is 2. The molecule has 1 amide bonds. The van der Waals surface area contributed by atoms with E-state index in [1.807, 2.05) is 12.4 Å². The maximum Gasteiger partial charge on any atom is 0.254 e.